The van der Waals surface area contributed by atoms with Crippen molar-refractivity contribution in [3.05, 3.63) is 51.8 Å². The quantitative estimate of drug-likeness (QED) is 0.652. The molecule has 7 heteroatoms. The zero-order chi connectivity index (χ0) is 16.2. The molecule has 2 aromatic heterocycles. The summed E-state index contributed by atoms with van der Waals surface area (Å²) in [5.74, 6) is 0.242. The molecule has 3 rings (SSSR count). The number of hydrogen-bond donors (Lipinski definition) is 0. The molecule has 2 heterocycles. The molecule has 5 nitrogen and oxygen atoms in total. The van der Waals surface area contributed by atoms with Gasteiger partial charge in [-0.05, 0) is 45.9 Å². The van der Waals surface area contributed by atoms with E-state index in [1.54, 1.807) is 6.07 Å². The van der Waals surface area contributed by atoms with Gasteiger partial charge in [-0.3, -0.25) is 4.79 Å². The Morgan fingerprint density at radius 2 is 2.13 bits per heavy atom. The van der Waals surface area contributed by atoms with Crippen molar-refractivity contribution in [1.29, 1.82) is 0 Å². The topological polar surface area (TPSA) is 57.0 Å². The van der Waals surface area contributed by atoms with Crippen molar-refractivity contribution in [3.8, 4) is 16.7 Å². The average molecular weight is 392 g/mol. The Balaban J connectivity index is 2.05. The molecule has 0 unspecified atom stereocenters. The Labute approximate surface area is 146 Å². The highest BCUT2D eigenvalue weighted by atomic mass is 79.9. The Morgan fingerprint density at radius 1 is 1.30 bits per heavy atom. The number of halogens is 1. The minimum absolute atomic E-state index is 0.218. The van der Waals surface area contributed by atoms with E-state index in [4.69, 9.17) is 4.74 Å². The number of aromatic nitrogens is 3. The molecule has 3 aromatic rings. The minimum atomic E-state index is -0.250. The Bertz CT molecular complexity index is 815. The summed E-state index contributed by atoms with van der Waals surface area (Å²) in [5.41, 5.74) is 0.525. The molecular weight excluding hydrogens is 378 g/mol. The molecule has 0 aliphatic rings. The Hall–Kier alpha value is -1.99. The van der Waals surface area contributed by atoms with Crippen LogP contribution in [0.2, 0.25) is 0 Å². The Kier molecular flexibility index (Phi) is 4.88. The standard InChI is InChI=1S/C16H14BrN3O2S/c1-2-9-22-16-18-14(13-8-5-10-23-13)20(19-16)15(21)11-6-3-4-7-12(11)17/h3-8,10H,2,9H2,1H3. The van der Waals surface area contributed by atoms with E-state index in [2.05, 4.69) is 26.0 Å². The van der Waals surface area contributed by atoms with Crippen LogP contribution >= 0.6 is 27.3 Å². The van der Waals surface area contributed by atoms with Gasteiger partial charge in [0.1, 0.15) is 0 Å². The maximum absolute atomic E-state index is 12.8. The summed E-state index contributed by atoms with van der Waals surface area (Å²) in [6.07, 6.45) is 0.848. The molecule has 0 saturated heterocycles. The van der Waals surface area contributed by atoms with E-state index in [1.165, 1.54) is 16.0 Å². The van der Waals surface area contributed by atoms with Crippen molar-refractivity contribution >= 4 is 33.2 Å². The van der Waals surface area contributed by atoms with Crippen LogP contribution in [0, 0.1) is 0 Å². The first kappa shape index (κ1) is 15.9. The van der Waals surface area contributed by atoms with Crippen LogP contribution in [-0.4, -0.2) is 27.3 Å². The van der Waals surface area contributed by atoms with Gasteiger partial charge in [0.15, 0.2) is 5.82 Å². The van der Waals surface area contributed by atoms with E-state index < -0.39 is 0 Å². The lowest BCUT2D eigenvalue weighted by Gasteiger charge is -2.04. The van der Waals surface area contributed by atoms with Gasteiger partial charge in [-0.15, -0.1) is 16.4 Å². The van der Waals surface area contributed by atoms with Crippen molar-refractivity contribution in [3.63, 3.8) is 0 Å². The van der Waals surface area contributed by atoms with E-state index in [-0.39, 0.29) is 11.9 Å². The number of hydrogen-bond acceptors (Lipinski definition) is 5. The molecule has 23 heavy (non-hydrogen) atoms. The number of thiophene rings is 1. The predicted molar refractivity (Wildman–Crippen MR) is 93.0 cm³/mol. The number of carbonyl (C=O) groups is 1. The molecule has 0 aliphatic heterocycles. The SMILES string of the molecule is CCCOc1nc(-c2cccs2)n(C(=O)c2ccccc2Br)n1. The van der Waals surface area contributed by atoms with Crippen LogP contribution in [0.3, 0.4) is 0 Å². The molecule has 0 atom stereocenters. The lowest BCUT2D eigenvalue weighted by Crippen LogP contribution is -2.15. The van der Waals surface area contributed by atoms with Crippen LogP contribution in [0.5, 0.6) is 6.01 Å². The first-order valence-electron chi connectivity index (χ1n) is 7.13. The number of benzene rings is 1. The van der Waals surface area contributed by atoms with Gasteiger partial charge in [0.2, 0.25) is 0 Å². The number of rotatable bonds is 5. The lowest BCUT2D eigenvalue weighted by molar-refractivity contribution is 0.0944. The normalized spacial score (nSPS) is 10.7. The summed E-state index contributed by atoms with van der Waals surface area (Å²) in [7, 11) is 0. The second-order valence-corrected chi connectivity index (χ2v) is 6.54. The molecule has 0 spiro atoms. The molecule has 0 radical (unpaired) electrons. The summed E-state index contributed by atoms with van der Waals surface area (Å²) in [6, 6.07) is 11.3. The maximum Gasteiger partial charge on any atom is 0.336 e. The van der Waals surface area contributed by atoms with Gasteiger partial charge in [-0.1, -0.05) is 25.1 Å². The van der Waals surface area contributed by atoms with Crippen LogP contribution < -0.4 is 4.74 Å². The highest BCUT2D eigenvalue weighted by Crippen LogP contribution is 2.26. The van der Waals surface area contributed by atoms with Crippen LogP contribution in [0.1, 0.15) is 23.7 Å². The van der Waals surface area contributed by atoms with E-state index >= 15 is 0 Å². The summed E-state index contributed by atoms with van der Waals surface area (Å²) >= 11 is 4.91. The van der Waals surface area contributed by atoms with Gasteiger partial charge in [0.25, 0.3) is 5.91 Å². The first-order valence-corrected chi connectivity index (χ1v) is 8.81. The van der Waals surface area contributed by atoms with Crippen LogP contribution in [0.15, 0.2) is 46.3 Å². The zero-order valence-electron chi connectivity index (χ0n) is 12.4. The summed E-state index contributed by atoms with van der Waals surface area (Å²) in [6.45, 7) is 2.51. The van der Waals surface area contributed by atoms with Crippen LogP contribution in [-0.2, 0) is 0 Å². The van der Waals surface area contributed by atoms with Gasteiger partial charge in [0.05, 0.1) is 17.0 Å². The van der Waals surface area contributed by atoms with Gasteiger partial charge in [0, 0.05) is 4.47 Å². The van der Waals surface area contributed by atoms with Crippen molar-refractivity contribution in [2.45, 2.75) is 13.3 Å². The summed E-state index contributed by atoms with van der Waals surface area (Å²) in [5, 5.41) is 6.18. The molecular formula is C16H14BrN3O2S. The molecule has 0 aliphatic carbocycles. The highest BCUT2D eigenvalue weighted by Gasteiger charge is 2.21. The van der Waals surface area contributed by atoms with Crippen molar-refractivity contribution < 1.29 is 9.53 Å². The third kappa shape index (κ3) is 3.35. The van der Waals surface area contributed by atoms with Crippen molar-refractivity contribution in [1.82, 2.24) is 14.8 Å². The second-order valence-electron chi connectivity index (χ2n) is 4.74. The maximum atomic E-state index is 12.8. The third-order valence-corrected chi connectivity index (χ3v) is 4.62. The molecule has 0 N–H and O–H groups in total. The molecule has 0 amide bonds. The molecule has 1 aromatic carbocycles. The number of nitrogens with zero attached hydrogens (tertiary/aromatic N) is 3. The molecule has 0 fully saturated rings. The lowest BCUT2D eigenvalue weighted by atomic mass is 10.2. The van der Waals surface area contributed by atoms with Crippen LogP contribution in [0.25, 0.3) is 10.7 Å². The second kappa shape index (κ2) is 7.06. The fourth-order valence-corrected chi connectivity index (χ4v) is 3.16. The average Bonchev–Trinajstić information content (AvgIpc) is 3.22. The van der Waals surface area contributed by atoms with E-state index in [0.717, 1.165) is 11.3 Å². The van der Waals surface area contributed by atoms with E-state index in [1.807, 2.05) is 42.6 Å². The highest BCUT2D eigenvalue weighted by molar-refractivity contribution is 9.10. The fraction of sp³-hybridized carbons (Fsp3) is 0.188. The largest absolute Gasteiger partial charge is 0.462 e. The van der Waals surface area contributed by atoms with Gasteiger partial charge < -0.3 is 4.74 Å². The van der Waals surface area contributed by atoms with E-state index in [0.29, 0.717) is 22.5 Å². The zero-order valence-corrected chi connectivity index (χ0v) is 14.8. The predicted octanol–water partition coefficient (Wildman–Crippen LogP) is 4.25. The monoisotopic (exact) mass is 391 g/mol. The minimum Gasteiger partial charge on any atom is -0.462 e. The van der Waals surface area contributed by atoms with Gasteiger partial charge in [-0.2, -0.15) is 9.67 Å². The number of ether oxygens (including phenoxy) is 1. The first-order chi connectivity index (χ1) is 11.2. The fourth-order valence-electron chi connectivity index (χ4n) is 2.00. The smallest absolute Gasteiger partial charge is 0.336 e. The van der Waals surface area contributed by atoms with Gasteiger partial charge in [-0.25, -0.2) is 0 Å². The molecule has 0 bridgehead atoms. The van der Waals surface area contributed by atoms with E-state index in [9.17, 15) is 4.79 Å². The molecule has 0 saturated carbocycles. The summed E-state index contributed by atoms with van der Waals surface area (Å²) in [4.78, 5) is 18.1. The number of carbonyl (C=O) groups excluding carboxylic acids is 1. The molecule has 118 valence electrons. The third-order valence-electron chi connectivity index (χ3n) is 3.06. The van der Waals surface area contributed by atoms with Crippen molar-refractivity contribution in [2.24, 2.45) is 0 Å². The Morgan fingerprint density at radius 3 is 2.83 bits per heavy atom. The summed E-state index contributed by atoms with van der Waals surface area (Å²) < 4.78 is 7.51. The van der Waals surface area contributed by atoms with Crippen molar-refractivity contribution in [2.75, 3.05) is 6.61 Å². The van der Waals surface area contributed by atoms with Gasteiger partial charge >= 0.3 is 6.01 Å². The van der Waals surface area contributed by atoms with Crippen LogP contribution in [0.4, 0.5) is 0 Å².